The maximum atomic E-state index is 12.3. The number of ether oxygens (including phenoxy) is 1. The number of terminal acetylenes is 1. The molecule has 0 spiro atoms. The van der Waals surface area contributed by atoms with Gasteiger partial charge in [-0.25, -0.2) is 5.43 Å². The summed E-state index contributed by atoms with van der Waals surface area (Å²) in [6.45, 7) is 6.66. The van der Waals surface area contributed by atoms with Crippen molar-refractivity contribution in [1.29, 1.82) is 0 Å². The van der Waals surface area contributed by atoms with E-state index >= 15 is 0 Å². The smallest absolute Gasteiger partial charge is 0.244 e. The van der Waals surface area contributed by atoms with E-state index < -0.39 is 0 Å². The van der Waals surface area contributed by atoms with Crippen molar-refractivity contribution >= 4 is 22.9 Å². The minimum atomic E-state index is -0.180. The Morgan fingerprint density at radius 2 is 1.83 bits per heavy atom. The van der Waals surface area contributed by atoms with Crippen molar-refractivity contribution in [3.8, 4) is 18.1 Å². The van der Waals surface area contributed by atoms with Crippen LogP contribution in [0.4, 0.5) is 0 Å². The highest BCUT2D eigenvalue weighted by molar-refractivity contribution is 6.02. The molecule has 0 aromatic heterocycles. The fourth-order valence-electron chi connectivity index (χ4n) is 3.17. The molecular weight excluding hydrogens is 372 g/mol. The minimum Gasteiger partial charge on any atom is -0.480 e. The zero-order chi connectivity index (χ0) is 21.6. The molecule has 0 bridgehead atoms. The molecule has 1 amide bonds. The Hall–Kier alpha value is -3.58. The number of hydrazone groups is 1. The van der Waals surface area contributed by atoms with Crippen molar-refractivity contribution in [2.45, 2.75) is 32.6 Å². The summed E-state index contributed by atoms with van der Waals surface area (Å²) >= 11 is 0. The quantitative estimate of drug-likeness (QED) is 0.367. The zero-order valence-corrected chi connectivity index (χ0v) is 17.6. The molecule has 4 nitrogen and oxygen atoms in total. The first kappa shape index (κ1) is 21.1. The molecule has 30 heavy (non-hydrogen) atoms. The third-order valence-electron chi connectivity index (χ3n) is 4.81. The monoisotopic (exact) mass is 398 g/mol. The third-order valence-corrected chi connectivity index (χ3v) is 4.81. The average molecular weight is 399 g/mol. The topological polar surface area (TPSA) is 50.7 Å². The Labute approximate surface area is 178 Å². The van der Waals surface area contributed by atoms with Gasteiger partial charge in [0.1, 0.15) is 12.4 Å². The van der Waals surface area contributed by atoms with Crippen LogP contribution in [0.5, 0.6) is 5.75 Å². The molecule has 3 aromatic carbocycles. The molecular formula is C26H26N2O2. The van der Waals surface area contributed by atoms with Crippen LogP contribution in [0.3, 0.4) is 0 Å². The van der Waals surface area contributed by atoms with Gasteiger partial charge in [0.05, 0.1) is 12.6 Å². The number of hydrogen-bond donors (Lipinski definition) is 1. The maximum absolute atomic E-state index is 12.3. The fraction of sp³-hybridized carbons (Fsp3) is 0.231. The van der Waals surface area contributed by atoms with Gasteiger partial charge >= 0.3 is 0 Å². The summed E-state index contributed by atoms with van der Waals surface area (Å²) in [4.78, 5) is 12.3. The summed E-state index contributed by atoms with van der Waals surface area (Å²) < 4.78 is 5.65. The molecule has 0 fully saturated rings. The van der Waals surface area contributed by atoms with Gasteiger partial charge in [-0.05, 0) is 33.4 Å². The van der Waals surface area contributed by atoms with Gasteiger partial charge in [0.25, 0.3) is 0 Å². The summed E-state index contributed by atoms with van der Waals surface area (Å²) in [6.07, 6.45) is 7.19. The van der Waals surface area contributed by atoms with E-state index in [2.05, 4.69) is 49.4 Å². The van der Waals surface area contributed by atoms with Crippen LogP contribution in [0.2, 0.25) is 0 Å². The molecule has 0 heterocycles. The number of nitrogens with one attached hydrogen (secondary N) is 1. The highest BCUT2D eigenvalue weighted by Crippen LogP contribution is 2.26. The molecule has 0 aliphatic rings. The van der Waals surface area contributed by atoms with Gasteiger partial charge in [0.15, 0.2) is 0 Å². The molecule has 0 aliphatic heterocycles. The molecule has 4 heteroatoms. The molecule has 0 saturated carbocycles. The molecule has 0 radical (unpaired) electrons. The van der Waals surface area contributed by atoms with Crippen molar-refractivity contribution in [3.05, 3.63) is 77.4 Å². The van der Waals surface area contributed by atoms with Gasteiger partial charge in [-0.1, -0.05) is 81.3 Å². The normalized spacial score (nSPS) is 11.4. The molecule has 0 saturated heterocycles. The zero-order valence-electron chi connectivity index (χ0n) is 17.6. The van der Waals surface area contributed by atoms with E-state index in [1.165, 1.54) is 5.56 Å². The standard InChI is InChI=1S/C26H26N2O2/c1-5-16-30-24-15-12-20-8-6-7-9-22(20)23(24)18-27-28-25(29)17-19-10-13-21(14-11-19)26(2,3)4/h1,6-15,18H,16-17H2,2-4H3,(H,28,29)/b27-18-. The van der Waals surface area contributed by atoms with Crippen LogP contribution >= 0.6 is 0 Å². The van der Waals surface area contributed by atoms with Crippen LogP contribution in [0.15, 0.2) is 65.8 Å². The Kier molecular flexibility index (Phi) is 6.54. The van der Waals surface area contributed by atoms with E-state index in [1.807, 2.05) is 48.5 Å². The Morgan fingerprint density at radius 1 is 1.10 bits per heavy atom. The highest BCUT2D eigenvalue weighted by atomic mass is 16.5. The second-order valence-electron chi connectivity index (χ2n) is 8.11. The lowest BCUT2D eigenvalue weighted by Gasteiger charge is -2.19. The van der Waals surface area contributed by atoms with Crippen molar-refractivity contribution in [2.24, 2.45) is 5.10 Å². The first-order valence-electron chi connectivity index (χ1n) is 9.88. The van der Waals surface area contributed by atoms with Crippen LogP contribution in [-0.2, 0) is 16.6 Å². The summed E-state index contributed by atoms with van der Waals surface area (Å²) in [6, 6.07) is 19.9. The number of carbonyl (C=O) groups excluding carboxylic acids is 1. The van der Waals surface area contributed by atoms with E-state index in [1.54, 1.807) is 6.21 Å². The molecule has 3 rings (SSSR count). The molecule has 0 atom stereocenters. The number of fused-ring (bicyclic) bond motifs is 1. The van der Waals surface area contributed by atoms with Crippen LogP contribution < -0.4 is 10.2 Å². The number of nitrogens with zero attached hydrogens (tertiary/aromatic N) is 1. The lowest BCUT2D eigenvalue weighted by molar-refractivity contribution is -0.120. The number of hydrogen-bond acceptors (Lipinski definition) is 3. The molecule has 0 unspecified atom stereocenters. The lowest BCUT2D eigenvalue weighted by Crippen LogP contribution is -2.20. The summed E-state index contributed by atoms with van der Waals surface area (Å²) in [5.74, 6) is 2.92. The SMILES string of the molecule is C#CCOc1ccc2ccccc2c1/C=N\NC(=O)Cc1ccc(C(C)(C)C)cc1. The first-order valence-corrected chi connectivity index (χ1v) is 9.88. The molecule has 152 valence electrons. The predicted octanol–water partition coefficient (Wildman–Crippen LogP) is 4.84. The van der Waals surface area contributed by atoms with Gasteiger partial charge in [0.2, 0.25) is 5.91 Å². The van der Waals surface area contributed by atoms with Crippen LogP contribution in [-0.4, -0.2) is 18.7 Å². The maximum Gasteiger partial charge on any atom is 0.244 e. The Bertz CT molecular complexity index is 1100. The predicted molar refractivity (Wildman–Crippen MR) is 123 cm³/mol. The first-order chi connectivity index (χ1) is 14.4. The van der Waals surface area contributed by atoms with Gasteiger partial charge in [-0.15, -0.1) is 6.42 Å². The largest absolute Gasteiger partial charge is 0.480 e. The van der Waals surface area contributed by atoms with Gasteiger partial charge in [-0.3, -0.25) is 4.79 Å². The fourth-order valence-corrected chi connectivity index (χ4v) is 3.17. The van der Waals surface area contributed by atoms with Crippen molar-refractivity contribution in [3.63, 3.8) is 0 Å². The van der Waals surface area contributed by atoms with E-state index in [4.69, 9.17) is 11.2 Å². The van der Waals surface area contributed by atoms with Gasteiger partial charge < -0.3 is 4.74 Å². The van der Waals surface area contributed by atoms with E-state index in [0.717, 1.165) is 21.9 Å². The van der Waals surface area contributed by atoms with E-state index in [9.17, 15) is 4.79 Å². The summed E-state index contributed by atoms with van der Waals surface area (Å²) in [5, 5.41) is 6.19. The number of amides is 1. The number of benzene rings is 3. The Morgan fingerprint density at radius 3 is 2.53 bits per heavy atom. The highest BCUT2D eigenvalue weighted by Gasteiger charge is 2.13. The van der Waals surface area contributed by atoms with Crippen LogP contribution in [0.1, 0.15) is 37.5 Å². The summed E-state index contributed by atoms with van der Waals surface area (Å²) in [5.41, 5.74) is 5.65. The molecule has 3 aromatic rings. The van der Waals surface area contributed by atoms with Gasteiger partial charge in [-0.2, -0.15) is 5.10 Å². The van der Waals surface area contributed by atoms with E-state index in [0.29, 0.717) is 5.75 Å². The number of rotatable bonds is 6. The second-order valence-corrected chi connectivity index (χ2v) is 8.11. The molecule has 0 aliphatic carbocycles. The number of carbonyl (C=O) groups is 1. The second kappa shape index (κ2) is 9.28. The average Bonchev–Trinajstić information content (AvgIpc) is 2.72. The van der Waals surface area contributed by atoms with E-state index in [-0.39, 0.29) is 24.3 Å². The van der Waals surface area contributed by atoms with Crippen LogP contribution in [0.25, 0.3) is 10.8 Å². The molecule has 1 N–H and O–H groups in total. The third kappa shape index (κ3) is 5.27. The minimum absolute atomic E-state index is 0.0861. The van der Waals surface area contributed by atoms with Crippen molar-refractivity contribution in [1.82, 2.24) is 5.43 Å². The van der Waals surface area contributed by atoms with Crippen molar-refractivity contribution < 1.29 is 9.53 Å². The summed E-state index contributed by atoms with van der Waals surface area (Å²) in [7, 11) is 0. The van der Waals surface area contributed by atoms with Gasteiger partial charge in [0, 0.05) is 5.56 Å². The van der Waals surface area contributed by atoms with Crippen LogP contribution in [0, 0.1) is 12.3 Å². The Balaban J connectivity index is 1.72. The van der Waals surface area contributed by atoms with Crippen molar-refractivity contribution in [2.75, 3.05) is 6.61 Å². The lowest BCUT2D eigenvalue weighted by atomic mass is 9.86.